The largest absolute Gasteiger partial charge is 0.491 e. The van der Waals surface area contributed by atoms with Crippen LogP contribution >= 0.6 is 22.9 Å². The van der Waals surface area contributed by atoms with Gasteiger partial charge in [0.25, 0.3) is 5.91 Å². The van der Waals surface area contributed by atoms with Crippen LogP contribution in [0.1, 0.15) is 47.6 Å². The summed E-state index contributed by atoms with van der Waals surface area (Å²) < 4.78 is 19.5. The number of ether oxygens (including phenoxy) is 1. The van der Waals surface area contributed by atoms with Crippen LogP contribution in [0.15, 0.2) is 60.0 Å². The van der Waals surface area contributed by atoms with E-state index in [1.807, 2.05) is 32.2 Å². The Kier molecular flexibility index (Phi) is 7.47. The van der Waals surface area contributed by atoms with E-state index in [9.17, 15) is 14.0 Å². The van der Waals surface area contributed by atoms with Gasteiger partial charge in [-0.1, -0.05) is 23.7 Å². The maximum absolute atomic E-state index is 13.7. The average Bonchev–Trinajstić information content (AvgIpc) is 3.29. The number of nitrogens with zero attached hydrogens (tertiary/aromatic N) is 2. The number of fused-ring (bicyclic) bond motifs is 1. The van der Waals surface area contributed by atoms with Gasteiger partial charge in [0, 0.05) is 33.6 Å². The summed E-state index contributed by atoms with van der Waals surface area (Å²) in [5.41, 5.74) is 0.880. The van der Waals surface area contributed by atoms with Crippen LogP contribution in [-0.2, 0) is 11.2 Å². The van der Waals surface area contributed by atoms with Gasteiger partial charge in [0.15, 0.2) is 0 Å². The number of rotatable bonds is 6. The molecular formula is C27H28ClFN2O3S. The van der Waals surface area contributed by atoms with Gasteiger partial charge < -0.3 is 14.5 Å². The first-order valence-electron chi connectivity index (χ1n) is 11.4. The Labute approximate surface area is 214 Å². The third kappa shape index (κ3) is 5.85. The van der Waals surface area contributed by atoms with E-state index in [1.165, 1.54) is 17.0 Å². The maximum Gasteiger partial charge on any atom is 0.254 e. The molecule has 4 rings (SSSR count). The zero-order chi connectivity index (χ0) is 25.2. The number of carbonyl (C=O) groups excluding carboxylic acids is 2. The smallest absolute Gasteiger partial charge is 0.254 e. The van der Waals surface area contributed by atoms with Crippen LogP contribution in [0.3, 0.4) is 0 Å². The molecule has 0 radical (unpaired) electrons. The summed E-state index contributed by atoms with van der Waals surface area (Å²) in [6.45, 7) is 6.34. The number of thiophene rings is 1. The van der Waals surface area contributed by atoms with Crippen molar-refractivity contribution < 1.29 is 18.7 Å². The van der Waals surface area contributed by atoms with Gasteiger partial charge in [-0.2, -0.15) is 0 Å². The van der Waals surface area contributed by atoms with Crippen molar-refractivity contribution in [3.8, 4) is 5.75 Å². The Morgan fingerprint density at radius 1 is 1.17 bits per heavy atom. The second-order valence-electron chi connectivity index (χ2n) is 9.49. The van der Waals surface area contributed by atoms with Crippen LogP contribution in [0.5, 0.6) is 5.75 Å². The van der Waals surface area contributed by atoms with Crippen LogP contribution in [0.25, 0.3) is 0 Å². The molecule has 2 aromatic carbocycles. The second-order valence-corrected chi connectivity index (χ2v) is 10.9. The van der Waals surface area contributed by atoms with E-state index in [2.05, 4.69) is 0 Å². The molecule has 1 aliphatic heterocycles. The van der Waals surface area contributed by atoms with Gasteiger partial charge in [-0.25, -0.2) is 4.39 Å². The first kappa shape index (κ1) is 25.2. The minimum Gasteiger partial charge on any atom is -0.491 e. The molecular weight excluding hydrogens is 487 g/mol. The normalized spacial score (nSPS) is 15.5. The predicted molar refractivity (Wildman–Crippen MR) is 137 cm³/mol. The lowest BCUT2D eigenvalue weighted by Gasteiger charge is -2.40. The highest BCUT2D eigenvalue weighted by Crippen LogP contribution is 2.34. The van der Waals surface area contributed by atoms with Gasteiger partial charge in [0.1, 0.15) is 24.7 Å². The average molecular weight is 515 g/mol. The monoisotopic (exact) mass is 514 g/mol. The predicted octanol–water partition coefficient (Wildman–Crippen LogP) is 5.99. The third-order valence-electron chi connectivity index (χ3n) is 6.04. The Balaban J connectivity index is 1.57. The number of hydrogen-bond donors (Lipinski definition) is 0. The number of hydrogen-bond acceptors (Lipinski definition) is 4. The number of amides is 2. The van der Waals surface area contributed by atoms with E-state index < -0.39 is 5.54 Å². The number of carbonyl (C=O) groups is 2. The van der Waals surface area contributed by atoms with Crippen molar-refractivity contribution in [2.24, 2.45) is 0 Å². The maximum atomic E-state index is 13.7. The van der Waals surface area contributed by atoms with Crippen molar-refractivity contribution >= 4 is 34.8 Å². The molecule has 1 atom stereocenters. The molecule has 184 valence electrons. The molecule has 1 aliphatic rings. The van der Waals surface area contributed by atoms with E-state index in [4.69, 9.17) is 16.3 Å². The van der Waals surface area contributed by atoms with Crippen molar-refractivity contribution in [3.05, 3.63) is 86.8 Å². The van der Waals surface area contributed by atoms with E-state index in [1.54, 1.807) is 57.5 Å². The number of halogens is 2. The molecule has 5 nitrogen and oxygen atoms in total. The van der Waals surface area contributed by atoms with Crippen molar-refractivity contribution in [1.82, 2.24) is 9.80 Å². The summed E-state index contributed by atoms with van der Waals surface area (Å²) in [4.78, 5) is 31.6. The lowest BCUT2D eigenvalue weighted by Crippen LogP contribution is -2.53. The fourth-order valence-corrected chi connectivity index (χ4v) is 5.34. The fraction of sp³-hybridized carbons (Fsp3) is 0.333. The van der Waals surface area contributed by atoms with Crippen LogP contribution in [0.2, 0.25) is 5.02 Å². The van der Waals surface area contributed by atoms with Crippen LogP contribution in [0, 0.1) is 5.82 Å². The minimum absolute atomic E-state index is 0.0786. The molecule has 0 saturated carbocycles. The van der Waals surface area contributed by atoms with Crippen LogP contribution in [0.4, 0.5) is 4.39 Å². The lowest BCUT2D eigenvalue weighted by molar-refractivity contribution is -0.136. The van der Waals surface area contributed by atoms with E-state index in [0.29, 0.717) is 22.9 Å². The Morgan fingerprint density at radius 2 is 1.94 bits per heavy atom. The summed E-state index contributed by atoms with van der Waals surface area (Å²) in [5.74, 6) is -0.392. The first-order chi connectivity index (χ1) is 16.6. The molecule has 0 saturated heterocycles. The quantitative estimate of drug-likeness (QED) is 0.406. The second kappa shape index (κ2) is 10.4. The molecule has 2 amide bonds. The first-order valence-corrected chi connectivity index (χ1v) is 12.7. The summed E-state index contributed by atoms with van der Waals surface area (Å²) in [6.07, 6.45) is 0.743. The Morgan fingerprint density at radius 3 is 2.66 bits per heavy atom. The highest BCUT2D eigenvalue weighted by atomic mass is 35.5. The molecule has 8 heteroatoms. The summed E-state index contributed by atoms with van der Waals surface area (Å²) in [5, 5.41) is 2.48. The SMILES string of the molecule is CC(C)(C)N(CC(=O)N1CCc2sccc2C1COc1cccc(F)c1)C(=O)c1cccc(Cl)c1. The van der Waals surface area contributed by atoms with Gasteiger partial charge in [0.2, 0.25) is 5.91 Å². The molecule has 35 heavy (non-hydrogen) atoms. The minimum atomic E-state index is -0.591. The molecule has 0 fully saturated rings. The van der Waals surface area contributed by atoms with Crippen molar-refractivity contribution in [3.63, 3.8) is 0 Å². The summed E-state index contributed by atoms with van der Waals surface area (Å²) in [6, 6.07) is 14.4. The topological polar surface area (TPSA) is 49.9 Å². The third-order valence-corrected chi connectivity index (χ3v) is 7.27. The summed E-state index contributed by atoms with van der Waals surface area (Å²) in [7, 11) is 0. The van der Waals surface area contributed by atoms with Gasteiger partial charge in [-0.3, -0.25) is 9.59 Å². The molecule has 0 spiro atoms. The standard InChI is InChI=1S/C27H28ClFN2O3S/c1-27(2,3)31(26(33)18-6-4-7-19(28)14-18)16-25(32)30-12-10-24-22(11-13-35-24)23(30)17-34-21-9-5-8-20(29)15-21/h4-9,11,13-15,23H,10,12,16-17H2,1-3H3. The zero-order valence-electron chi connectivity index (χ0n) is 20.0. The van der Waals surface area contributed by atoms with Gasteiger partial charge in [-0.05, 0) is 74.5 Å². The molecule has 3 aromatic rings. The van der Waals surface area contributed by atoms with Gasteiger partial charge >= 0.3 is 0 Å². The Hall–Kier alpha value is -2.90. The Bertz CT molecular complexity index is 1220. The van der Waals surface area contributed by atoms with Crippen molar-refractivity contribution in [1.29, 1.82) is 0 Å². The van der Waals surface area contributed by atoms with Gasteiger partial charge in [-0.15, -0.1) is 11.3 Å². The van der Waals surface area contributed by atoms with E-state index in [0.717, 1.165) is 12.0 Å². The van der Waals surface area contributed by atoms with E-state index in [-0.39, 0.29) is 36.8 Å². The fourth-order valence-electron chi connectivity index (χ4n) is 4.22. The molecule has 1 aromatic heterocycles. The molecule has 0 N–H and O–H groups in total. The molecule has 1 unspecified atom stereocenters. The van der Waals surface area contributed by atoms with Crippen molar-refractivity contribution in [2.75, 3.05) is 19.7 Å². The highest BCUT2D eigenvalue weighted by Gasteiger charge is 2.36. The molecule has 0 bridgehead atoms. The molecule has 2 heterocycles. The molecule has 0 aliphatic carbocycles. The highest BCUT2D eigenvalue weighted by molar-refractivity contribution is 7.10. The van der Waals surface area contributed by atoms with E-state index >= 15 is 0 Å². The summed E-state index contributed by atoms with van der Waals surface area (Å²) >= 11 is 7.76. The van der Waals surface area contributed by atoms with Gasteiger partial charge in [0.05, 0.1) is 6.04 Å². The van der Waals surface area contributed by atoms with Crippen LogP contribution < -0.4 is 4.74 Å². The lowest BCUT2D eigenvalue weighted by atomic mass is 9.99. The van der Waals surface area contributed by atoms with Crippen molar-refractivity contribution in [2.45, 2.75) is 38.8 Å². The van der Waals surface area contributed by atoms with Crippen LogP contribution in [-0.4, -0.2) is 46.8 Å². The zero-order valence-corrected chi connectivity index (χ0v) is 21.5. The number of benzene rings is 2.